The maximum atomic E-state index is 11.0. The fourth-order valence-corrected chi connectivity index (χ4v) is 0.826. The molecule has 0 spiro atoms. The molecule has 0 rings (SSSR count). The minimum atomic E-state index is -1.12. The second-order valence-electron chi connectivity index (χ2n) is 2.50. The first kappa shape index (κ1) is 12.1. The number of carbonyl (C=O) groups excluding carboxylic acids is 1. The van der Waals surface area contributed by atoms with E-state index in [-0.39, 0.29) is 6.42 Å². The molecule has 0 fully saturated rings. The normalized spacial score (nSPS) is 12.0. The molecule has 1 unspecified atom stereocenters. The van der Waals surface area contributed by atoms with Gasteiger partial charge in [-0.1, -0.05) is 0 Å². The SMILES string of the molecule is CCNC(=O)CC(/C=C\C#N)[N+](=O)[O-]. The predicted octanol–water partition coefficient (Wildman–Crippen LogP) is 0.238. The standard InChI is InChI=1S/C8H11N3O3/c1-2-10-8(12)6-7(11(13)14)4-3-5-9/h3-4,7H,2,6H2,1H3,(H,10,12)/b4-3-. The lowest BCUT2D eigenvalue weighted by Gasteiger charge is -2.04. The van der Waals surface area contributed by atoms with Gasteiger partial charge >= 0.3 is 0 Å². The Hall–Kier alpha value is -1.90. The van der Waals surface area contributed by atoms with Crippen LogP contribution in [0, 0.1) is 21.4 Å². The summed E-state index contributed by atoms with van der Waals surface area (Å²) in [5, 5.41) is 21.0. The summed E-state index contributed by atoms with van der Waals surface area (Å²) in [5.41, 5.74) is 0. The van der Waals surface area contributed by atoms with Crippen LogP contribution in [0.15, 0.2) is 12.2 Å². The molecule has 1 amide bonds. The van der Waals surface area contributed by atoms with Gasteiger partial charge < -0.3 is 5.32 Å². The zero-order chi connectivity index (χ0) is 11.0. The molecule has 6 nitrogen and oxygen atoms in total. The number of hydrogen-bond acceptors (Lipinski definition) is 4. The van der Waals surface area contributed by atoms with Crippen LogP contribution < -0.4 is 5.32 Å². The Morgan fingerprint density at radius 1 is 1.79 bits per heavy atom. The van der Waals surface area contributed by atoms with Crippen LogP contribution in [0.25, 0.3) is 0 Å². The summed E-state index contributed by atoms with van der Waals surface area (Å²) in [4.78, 5) is 20.8. The van der Waals surface area contributed by atoms with Crippen LogP contribution in [0.2, 0.25) is 0 Å². The van der Waals surface area contributed by atoms with Crippen molar-refractivity contribution in [3.8, 4) is 6.07 Å². The lowest BCUT2D eigenvalue weighted by atomic mass is 10.2. The van der Waals surface area contributed by atoms with Gasteiger partial charge in [0.05, 0.1) is 12.5 Å². The second kappa shape index (κ2) is 6.60. The zero-order valence-corrected chi connectivity index (χ0v) is 7.77. The number of rotatable bonds is 5. The predicted molar refractivity (Wildman–Crippen MR) is 48.8 cm³/mol. The van der Waals surface area contributed by atoms with Crippen LogP contribution in [-0.4, -0.2) is 23.4 Å². The summed E-state index contributed by atoms with van der Waals surface area (Å²) in [6.45, 7) is 2.16. The number of carbonyl (C=O) groups is 1. The fourth-order valence-electron chi connectivity index (χ4n) is 0.826. The molecule has 1 atom stereocenters. The van der Waals surface area contributed by atoms with Crippen molar-refractivity contribution < 1.29 is 9.72 Å². The van der Waals surface area contributed by atoms with Crippen LogP contribution in [0.1, 0.15) is 13.3 Å². The number of nitrogens with one attached hydrogen (secondary N) is 1. The average molecular weight is 197 g/mol. The van der Waals surface area contributed by atoms with Crippen molar-refractivity contribution >= 4 is 5.91 Å². The molecule has 76 valence electrons. The van der Waals surface area contributed by atoms with E-state index >= 15 is 0 Å². The lowest BCUT2D eigenvalue weighted by Crippen LogP contribution is -2.29. The van der Waals surface area contributed by atoms with E-state index in [0.29, 0.717) is 6.54 Å². The number of nitro groups is 1. The van der Waals surface area contributed by atoms with Crippen LogP contribution in [0.5, 0.6) is 0 Å². The van der Waals surface area contributed by atoms with E-state index in [9.17, 15) is 14.9 Å². The molecule has 0 aromatic rings. The van der Waals surface area contributed by atoms with Gasteiger partial charge in [0, 0.05) is 17.5 Å². The van der Waals surface area contributed by atoms with Gasteiger partial charge in [0.2, 0.25) is 11.9 Å². The summed E-state index contributed by atoms with van der Waals surface area (Å²) in [6, 6.07) is 0.518. The summed E-state index contributed by atoms with van der Waals surface area (Å²) in [6.07, 6.45) is 1.88. The minimum Gasteiger partial charge on any atom is -0.356 e. The van der Waals surface area contributed by atoms with Gasteiger partial charge in [-0.2, -0.15) is 5.26 Å². The molecule has 6 heteroatoms. The summed E-state index contributed by atoms with van der Waals surface area (Å²) in [7, 11) is 0. The van der Waals surface area contributed by atoms with E-state index in [1.807, 2.05) is 0 Å². The third kappa shape index (κ3) is 4.87. The molecular weight excluding hydrogens is 186 g/mol. The van der Waals surface area contributed by atoms with E-state index in [4.69, 9.17) is 5.26 Å². The summed E-state index contributed by atoms with van der Waals surface area (Å²) >= 11 is 0. The number of nitrogens with zero attached hydrogens (tertiary/aromatic N) is 2. The van der Waals surface area contributed by atoms with Crippen molar-refractivity contribution in [1.29, 1.82) is 5.26 Å². The number of allylic oxidation sites excluding steroid dienone is 1. The van der Waals surface area contributed by atoms with E-state index in [1.54, 1.807) is 13.0 Å². The number of nitriles is 1. The Bertz CT molecular complexity index is 280. The molecule has 0 aliphatic heterocycles. The van der Waals surface area contributed by atoms with Crippen LogP contribution in [0.3, 0.4) is 0 Å². The number of amides is 1. The Morgan fingerprint density at radius 2 is 2.43 bits per heavy atom. The summed E-state index contributed by atoms with van der Waals surface area (Å²) < 4.78 is 0. The largest absolute Gasteiger partial charge is 0.356 e. The molecule has 14 heavy (non-hydrogen) atoms. The summed E-state index contributed by atoms with van der Waals surface area (Å²) in [5.74, 6) is -0.392. The van der Waals surface area contributed by atoms with Gasteiger partial charge in [0.1, 0.15) is 0 Å². The van der Waals surface area contributed by atoms with E-state index < -0.39 is 16.9 Å². The van der Waals surface area contributed by atoms with Crippen molar-refractivity contribution in [3.05, 3.63) is 22.3 Å². The third-order valence-corrected chi connectivity index (χ3v) is 1.43. The average Bonchev–Trinajstić information content (AvgIpc) is 2.12. The Morgan fingerprint density at radius 3 is 2.86 bits per heavy atom. The molecule has 0 aliphatic rings. The molecule has 0 aromatic carbocycles. The smallest absolute Gasteiger partial charge is 0.241 e. The number of hydrogen-bond donors (Lipinski definition) is 1. The molecule has 0 saturated heterocycles. The molecular formula is C8H11N3O3. The van der Waals surface area contributed by atoms with Crippen molar-refractivity contribution in [2.24, 2.45) is 0 Å². The Balaban J connectivity index is 4.25. The second-order valence-corrected chi connectivity index (χ2v) is 2.50. The fraction of sp³-hybridized carbons (Fsp3) is 0.500. The van der Waals surface area contributed by atoms with Gasteiger partial charge in [-0.05, 0) is 13.0 Å². The zero-order valence-electron chi connectivity index (χ0n) is 7.77. The molecule has 0 bridgehead atoms. The van der Waals surface area contributed by atoms with Gasteiger partial charge in [-0.25, -0.2) is 0 Å². The van der Waals surface area contributed by atoms with E-state index in [2.05, 4.69) is 5.32 Å². The first-order chi connectivity index (χ1) is 6.61. The van der Waals surface area contributed by atoms with Crippen LogP contribution in [0.4, 0.5) is 0 Å². The highest BCUT2D eigenvalue weighted by molar-refractivity contribution is 5.76. The van der Waals surface area contributed by atoms with Crippen LogP contribution >= 0.6 is 0 Å². The van der Waals surface area contributed by atoms with Crippen molar-refractivity contribution in [2.75, 3.05) is 6.54 Å². The molecule has 0 heterocycles. The van der Waals surface area contributed by atoms with Crippen LogP contribution in [-0.2, 0) is 4.79 Å². The Kier molecular flexibility index (Phi) is 5.70. The molecule has 0 saturated carbocycles. The maximum Gasteiger partial charge on any atom is 0.241 e. The lowest BCUT2D eigenvalue weighted by molar-refractivity contribution is -0.508. The minimum absolute atomic E-state index is 0.237. The quantitative estimate of drug-likeness (QED) is 0.388. The van der Waals surface area contributed by atoms with Crippen molar-refractivity contribution in [3.63, 3.8) is 0 Å². The highest BCUT2D eigenvalue weighted by Crippen LogP contribution is 1.99. The maximum absolute atomic E-state index is 11.0. The third-order valence-electron chi connectivity index (χ3n) is 1.43. The monoisotopic (exact) mass is 197 g/mol. The van der Waals surface area contributed by atoms with Crippen molar-refractivity contribution in [2.45, 2.75) is 19.4 Å². The Labute approximate surface area is 81.4 Å². The molecule has 0 aromatic heterocycles. The van der Waals surface area contributed by atoms with Gasteiger partial charge in [-0.3, -0.25) is 14.9 Å². The molecule has 0 radical (unpaired) electrons. The van der Waals surface area contributed by atoms with E-state index in [1.165, 1.54) is 0 Å². The van der Waals surface area contributed by atoms with Crippen molar-refractivity contribution in [1.82, 2.24) is 5.32 Å². The topological polar surface area (TPSA) is 96.0 Å². The molecule has 0 aliphatic carbocycles. The highest BCUT2D eigenvalue weighted by Gasteiger charge is 2.19. The first-order valence-electron chi connectivity index (χ1n) is 4.08. The first-order valence-corrected chi connectivity index (χ1v) is 4.08. The van der Waals surface area contributed by atoms with Gasteiger partial charge in [0.25, 0.3) is 0 Å². The molecule has 1 N–H and O–H groups in total. The highest BCUT2D eigenvalue weighted by atomic mass is 16.6. The van der Waals surface area contributed by atoms with Gasteiger partial charge in [-0.15, -0.1) is 0 Å². The van der Waals surface area contributed by atoms with Gasteiger partial charge in [0.15, 0.2) is 0 Å². The van der Waals surface area contributed by atoms with E-state index in [0.717, 1.165) is 12.2 Å².